The van der Waals surface area contributed by atoms with E-state index in [0.29, 0.717) is 0 Å². The summed E-state index contributed by atoms with van der Waals surface area (Å²) >= 11 is 0. The zero-order valence-corrected chi connectivity index (χ0v) is 11.2. The lowest BCUT2D eigenvalue weighted by Crippen LogP contribution is -2.35. The lowest BCUT2D eigenvalue weighted by molar-refractivity contribution is -0.117. The fourth-order valence-corrected chi connectivity index (χ4v) is 2.45. The zero-order chi connectivity index (χ0) is 13.8. The molecule has 1 aromatic heterocycles. The molecule has 1 atom stereocenters. The highest BCUT2D eigenvalue weighted by Crippen LogP contribution is 2.22. The van der Waals surface area contributed by atoms with Crippen LogP contribution in [0.2, 0.25) is 0 Å². The summed E-state index contributed by atoms with van der Waals surface area (Å²) in [5, 5.41) is 6.17. The predicted octanol–water partition coefficient (Wildman–Crippen LogP) is 2.44. The third kappa shape index (κ3) is 2.86. The maximum Gasteiger partial charge on any atom is 0.241 e. The van der Waals surface area contributed by atoms with Gasteiger partial charge < -0.3 is 10.6 Å². The van der Waals surface area contributed by atoms with Crippen LogP contribution >= 0.6 is 0 Å². The van der Waals surface area contributed by atoms with Crippen LogP contribution < -0.4 is 10.6 Å². The van der Waals surface area contributed by atoms with Gasteiger partial charge in [0, 0.05) is 23.6 Å². The normalized spacial score (nSPS) is 17.9. The summed E-state index contributed by atoms with van der Waals surface area (Å²) in [6, 6.07) is 11.7. The average Bonchev–Trinajstić information content (AvgIpc) is 3.03. The van der Waals surface area contributed by atoms with Crippen LogP contribution in [0.5, 0.6) is 0 Å². The Hall–Kier alpha value is -2.20. The van der Waals surface area contributed by atoms with Crippen LogP contribution in [-0.2, 0) is 4.79 Å². The molecular formula is C16H17N3O. The van der Waals surface area contributed by atoms with Gasteiger partial charge in [-0.1, -0.05) is 18.2 Å². The van der Waals surface area contributed by atoms with E-state index in [1.807, 2.05) is 42.6 Å². The van der Waals surface area contributed by atoms with Crippen molar-refractivity contribution in [1.82, 2.24) is 10.3 Å². The van der Waals surface area contributed by atoms with Crippen LogP contribution in [0.3, 0.4) is 0 Å². The highest BCUT2D eigenvalue weighted by molar-refractivity contribution is 5.95. The number of amides is 1. The van der Waals surface area contributed by atoms with Crippen molar-refractivity contribution < 1.29 is 4.79 Å². The molecule has 4 nitrogen and oxygen atoms in total. The number of hydrogen-bond donors (Lipinski definition) is 2. The number of hydrogen-bond acceptors (Lipinski definition) is 3. The maximum atomic E-state index is 12.1. The Morgan fingerprint density at radius 2 is 2.15 bits per heavy atom. The average molecular weight is 267 g/mol. The molecule has 0 bridgehead atoms. The van der Waals surface area contributed by atoms with E-state index in [1.54, 1.807) is 6.20 Å². The highest BCUT2D eigenvalue weighted by atomic mass is 16.2. The van der Waals surface area contributed by atoms with Crippen LogP contribution in [0.4, 0.5) is 5.69 Å². The number of aromatic nitrogens is 1. The molecule has 2 N–H and O–H groups in total. The second-order valence-corrected chi connectivity index (χ2v) is 4.96. The molecule has 1 fully saturated rings. The molecule has 0 radical (unpaired) electrons. The Bertz CT molecular complexity index is 592. The van der Waals surface area contributed by atoms with Gasteiger partial charge in [0.25, 0.3) is 0 Å². The number of anilines is 1. The number of benzene rings is 1. The van der Waals surface area contributed by atoms with Gasteiger partial charge in [-0.3, -0.25) is 9.78 Å². The van der Waals surface area contributed by atoms with E-state index in [2.05, 4.69) is 15.6 Å². The van der Waals surface area contributed by atoms with Gasteiger partial charge >= 0.3 is 0 Å². The highest BCUT2D eigenvalue weighted by Gasteiger charge is 2.21. The van der Waals surface area contributed by atoms with E-state index in [4.69, 9.17) is 0 Å². The Labute approximate surface area is 118 Å². The van der Waals surface area contributed by atoms with E-state index in [9.17, 15) is 4.79 Å². The number of carbonyl (C=O) groups is 1. The third-order valence-electron chi connectivity index (χ3n) is 3.50. The minimum Gasteiger partial charge on any atom is -0.325 e. The Morgan fingerprint density at radius 1 is 1.25 bits per heavy atom. The third-order valence-corrected chi connectivity index (χ3v) is 3.50. The summed E-state index contributed by atoms with van der Waals surface area (Å²) in [6.07, 6.45) is 5.54. The maximum absolute atomic E-state index is 12.1. The SMILES string of the molecule is O=C(Nc1cccc(-c2cccnc2)c1)C1CCCN1. The van der Waals surface area contributed by atoms with E-state index < -0.39 is 0 Å². The summed E-state index contributed by atoms with van der Waals surface area (Å²) in [4.78, 5) is 16.2. The van der Waals surface area contributed by atoms with Crippen molar-refractivity contribution in [3.8, 4) is 11.1 Å². The molecule has 0 aliphatic carbocycles. The Balaban J connectivity index is 1.76. The van der Waals surface area contributed by atoms with Gasteiger partial charge in [-0.05, 0) is 43.1 Å². The number of carbonyl (C=O) groups excluding carboxylic acids is 1. The summed E-state index contributed by atoms with van der Waals surface area (Å²) in [5.74, 6) is 0.0471. The lowest BCUT2D eigenvalue weighted by atomic mass is 10.1. The molecule has 1 aliphatic rings. The monoisotopic (exact) mass is 267 g/mol. The van der Waals surface area contributed by atoms with Crippen molar-refractivity contribution in [3.63, 3.8) is 0 Å². The predicted molar refractivity (Wildman–Crippen MR) is 79.3 cm³/mol. The fourth-order valence-electron chi connectivity index (χ4n) is 2.45. The molecule has 20 heavy (non-hydrogen) atoms. The smallest absolute Gasteiger partial charge is 0.241 e. The molecule has 0 spiro atoms. The van der Waals surface area contributed by atoms with Crippen molar-refractivity contribution in [2.45, 2.75) is 18.9 Å². The van der Waals surface area contributed by atoms with Crippen LogP contribution in [-0.4, -0.2) is 23.5 Å². The molecule has 1 unspecified atom stereocenters. The van der Waals surface area contributed by atoms with E-state index in [0.717, 1.165) is 36.2 Å². The first-order valence-electron chi connectivity index (χ1n) is 6.88. The lowest BCUT2D eigenvalue weighted by Gasteiger charge is -2.12. The molecule has 3 rings (SSSR count). The van der Waals surface area contributed by atoms with Crippen molar-refractivity contribution >= 4 is 11.6 Å². The largest absolute Gasteiger partial charge is 0.325 e. The minimum atomic E-state index is -0.0583. The van der Waals surface area contributed by atoms with Crippen LogP contribution in [0.15, 0.2) is 48.8 Å². The number of rotatable bonds is 3. The molecule has 4 heteroatoms. The van der Waals surface area contributed by atoms with Gasteiger partial charge in [0.1, 0.15) is 0 Å². The number of nitrogens with one attached hydrogen (secondary N) is 2. The van der Waals surface area contributed by atoms with Crippen LogP contribution in [0.25, 0.3) is 11.1 Å². The summed E-state index contributed by atoms with van der Waals surface area (Å²) in [6.45, 7) is 0.924. The first kappa shape index (κ1) is 12.8. The summed E-state index contributed by atoms with van der Waals surface area (Å²) in [5.41, 5.74) is 2.92. The zero-order valence-electron chi connectivity index (χ0n) is 11.2. The van der Waals surface area contributed by atoms with E-state index in [1.165, 1.54) is 0 Å². The first-order valence-corrected chi connectivity index (χ1v) is 6.88. The molecule has 0 saturated carbocycles. The second kappa shape index (κ2) is 5.84. The molecule has 2 heterocycles. The second-order valence-electron chi connectivity index (χ2n) is 4.96. The Morgan fingerprint density at radius 3 is 2.90 bits per heavy atom. The standard InChI is InChI=1S/C16H17N3O/c20-16(15-7-3-9-18-15)19-14-6-1-4-12(10-14)13-5-2-8-17-11-13/h1-2,4-6,8,10-11,15,18H,3,7,9H2,(H,19,20). The summed E-state index contributed by atoms with van der Waals surface area (Å²) < 4.78 is 0. The molecule has 1 aromatic carbocycles. The van der Waals surface area contributed by atoms with Crippen LogP contribution in [0, 0.1) is 0 Å². The summed E-state index contributed by atoms with van der Waals surface area (Å²) in [7, 11) is 0. The van der Waals surface area contributed by atoms with Gasteiger partial charge in [0.05, 0.1) is 6.04 Å². The van der Waals surface area contributed by atoms with Gasteiger partial charge in [-0.25, -0.2) is 0 Å². The van der Waals surface area contributed by atoms with Crippen molar-refractivity contribution in [2.75, 3.05) is 11.9 Å². The molecule has 102 valence electrons. The molecule has 1 amide bonds. The first-order chi connectivity index (χ1) is 9.83. The van der Waals surface area contributed by atoms with Gasteiger partial charge in [-0.2, -0.15) is 0 Å². The fraction of sp³-hybridized carbons (Fsp3) is 0.250. The molecule has 2 aromatic rings. The topological polar surface area (TPSA) is 54.0 Å². The van der Waals surface area contributed by atoms with Crippen LogP contribution in [0.1, 0.15) is 12.8 Å². The van der Waals surface area contributed by atoms with Crippen molar-refractivity contribution in [3.05, 3.63) is 48.8 Å². The van der Waals surface area contributed by atoms with E-state index in [-0.39, 0.29) is 11.9 Å². The van der Waals surface area contributed by atoms with Crippen molar-refractivity contribution in [2.24, 2.45) is 0 Å². The molecule has 1 aliphatic heterocycles. The number of nitrogens with zero attached hydrogens (tertiary/aromatic N) is 1. The van der Waals surface area contributed by atoms with E-state index >= 15 is 0 Å². The minimum absolute atomic E-state index is 0.0471. The van der Waals surface area contributed by atoms with Gasteiger partial charge in [0.2, 0.25) is 5.91 Å². The van der Waals surface area contributed by atoms with Crippen molar-refractivity contribution in [1.29, 1.82) is 0 Å². The van der Waals surface area contributed by atoms with Gasteiger partial charge in [0.15, 0.2) is 0 Å². The molecular weight excluding hydrogens is 250 g/mol. The molecule has 1 saturated heterocycles. The van der Waals surface area contributed by atoms with Gasteiger partial charge in [-0.15, -0.1) is 0 Å². The Kier molecular flexibility index (Phi) is 3.74. The quantitative estimate of drug-likeness (QED) is 0.898. The number of pyridine rings is 1.